The van der Waals surface area contributed by atoms with Gasteiger partial charge < -0.3 is 15.9 Å². The number of rotatable bonds is 6. The average Bonchev–Trinajstić information content (AvgIpc) is 2.86. The van der Waals surface area contributed by atoms with E-state index in [1.807, 2.05) is 0 Å². The summed E-state index contributed by atoms with van der Waals surface area (Å²) in [6.07, 6.45) is 0. The summed E-state index contributed by atoms with van der Waals surface area (Å²) in [4.78, 5) is 11.8. The van der Waals surface area contributed by atoms with Gasteiger partial charge >= 0.3 is 0 Å². The van der Waals surface area contributed by atoms with E-state index in [0.717, 1.165) is 17.5 Å². The molecule has 0 saturated carbocycles. The Morgan fingerprint density at radius 2 is 2.10 bits per heavy atom. The third-order valence-corrected chi connectivity index (χ3v) is 3.44. The van der Waals surface area contributed by atoms with Crippen LogP contribution in [0, 0.1) is 0 Å². The topological polar surface area (TPSA) is 133 Å². The number of anilines is 2. The standard InChI is InChI=1S/C11H15N7O2S/c1-20-8-4-2-7(3-5-8)14-9(19)6-21-11-17-16-10(15-12)18(11)13/h2-5H,6,12-13H2,1H3,(H,14,19)(H,15,16). The number of carbonyl (C=O) groups excluding carboxylic acids is 1. The molecule has 0 radical (unpaired) electrons. The zero-order valence-corrected chi connectivity index (χ0v) is 12.1. The van der Waals surface area contributed by atoms with Crippen LogP contribution in [0.5, 0.6) is 5.75 Å². The second kappa shape index (κ2) is 6.81. The number of hydrogen-bond acceptors (Lipinski definition) is 8. The summed E-state index contributed by atoms with van der Waals surface area (Å²) in [5, 5.41) is 10.6. The number of nitrogens with zero attached hydrogens (tertiary/aromatic N) is 3. The number of nitrogens with two attached hydrogens (primary N) is 2. The van der Waals surface area contributed by atoms with E-state index in [0.29, 0.717) is 10.8 Å². The smallest absolute Gasteiger partial charge is 0.258 e. The molecular weight excluding hydrogens is 294 g/mol. The molecule has 0 aliphatic heterocycles. The van der Waals surface area contributed by atoms with Crippen molar-refractivity contribution in [2.75, 3.05) is 29.4 Å². The number of nitrogens with one attached hydrogen (secondary N) is 2. The lowest BCUT2D eigenvalue weighted by molar-refractivity contribution is -0.113. The molecule has 0 atom stereocenters. The number of thioether (sulfide) groups is 1. The number of hydrazine groups is 1. The van der Waals surface area contributed by atoms with Crippen LogP contribution in [-0.2, 0) is 4.79 Å². The van der Waals surface area contributed by atoms with Gasteiger partial charge in [0.05, 0.1) is 12.9 Å². The molecule has 112 valence electrons. The van der Waals surface area contributed by atoms with Gasteiger partial charge in [-0.15, -0.1) is 10.2 Å². The lowest BCUT2D eigenvalue weighted by Crippen LogP contribution is -2.19. The Labute approximate surface area is 125 Å². The fourth-order valence-electron chi connectivity index (χ4n) is 1.48. The lowest BCUT2D eigenvalue weighted by atomic mass is 10.3. The third kappa shape index (κ3) is 3.77. The van der Waals surface area contributed by atoms with Crippen molar-refractivity contribution in [3.05, 3.63) is 24.3 Å². The molecule has 0 unspecified atom stereocenters. The number of amides is 1. The van der Waals surface area contributed by atoms with Crippen LogP contribution in [0.4, 0.5) is 11.6 Å². The molecule has 21 heavy (non-hydrogen) atoms. The Bertz CT molecular complexity index is 614. The Balaban J connectivity index is 1.87. The maximum atomic E-state index is 11.8. The van der Waals surface area contributed by atoms with Crippen molar-refractivity contribution in [2.24, 2.45) is 5.84 Å². The zero-order chi connectivity index (χ0) is 15.2. The Kier molecular flexibility index (Phi) is 4.85. The lowest BCUT2D eigenvalue weighted by Gasteiger charge is -2.06. The molecule has 0 aliphatic rings. The predicted molar refractivity (Wildman–Crippen MR) is 80.3 cm³/mol. The van der Waals surface area contributed by atoms with E-state index in [1.165, 1.54) is 4.68 Å². The molecule has 6 N–H and O–H groups in total. The van der Waals surface area contributed by atoms with Crippen molar-refractivity contribution in [3.63, 3.8) is 0 Å². The van der Waals surface area contributed by atoms with Crippen LogP contribution in [0.1, 0.15) is 0 Å². The predicted octanol–water partition coefficient (Wildman–Crippen LogP) is 0.0169. The minimum atomic E-state index is -0.185. The van der Waals surface area contributed by atoms with Crippen molar-refractivity contribution >= 4 is 29.3 Å². The molecule has 10 heteroatoms. The quantitative estimate of drug-likeness (QED) is 0.333. The van der Waals surface area contributed by atoms with Crippen LogP contribution in [0.25, 0.3) is 0 Å². The Morgan fingerprint density at radius 3 is 2.67 bits per heavy atom. The van der Waals surface area contributed by atoms with Gasteiger partial charge in [-0.25, -0.2) is 10.5 Å². The van der Waals surface area contributed by atoms with Gasteiger partial charge in [-0.05, 0) is 24.3 Å². The van der Waals surface area contributed by atoms with Gasteiger partial charge in [0, 0.05) is 5.69 Å². The summed E-state index contributed by atoms with van der Waals surface area (Å²) >= 11 is 1.15. The largest absolute Gasteiger partial charge is 0.497 e. The van der Waals surface area contributed by atoms with Crippen molar-refractivity contribution < 1.29 is 9.53 Å². The number of methoxy groups -OCH3 is 1. The molecule has 0 saturated heterocycles. The van der Waals surface area contributed by atoms with E-state index in [-0.39, 0.29) is 17.6 Å². The summed E-state index contributed by atoms with van der Waals surface area (Å²) < 4.78 is 6.21. The van der Waals surface area contributed by atoms with Crippen LogP contribution >= 0.6 is 11.8 Å². The average molecular weight is 309 g/mol. The molecule has 1 aromatic carbocycles. The van der Waals surface area contributed by atoms with Gasteiger partial charge in [-0.2, -0.15) is 0 Å². The fourth-order valence-corrected chi connectivity index (χ4v) is 2.13. The first kappa shape index (κ1) is 14.9. The molecule has 1 heterocycles. The monoisotopic (exact) mass is 309 g/mol. The maximum Gasteiger partial charge on any atom is 0.258 e. The van der Waals surface area contributed by atoms with Gasteiger partial charge in [-0.1, -0.05) is 11.8 Å². The Morgan fingerprint density at radius 1 is 1.38 bits per heavy atom. The first-order valence-corrected chi connectivity index (χ1v) is 6.86. The van der Waals surface area contributed by atoms with Crippen LogP contribution in [0.2, 0.25) is 0 Å². The highest BCUT2D eigenvalue weighted by molar-refractivity contribution is 7.99. The maximum absolute atomic E-state index is 11.8. The van der Waals surface area contributed by atoms with Gasteiger partial charge in [0.1, 0.15) is 5.75 Å². The molecule has 0 bridgehead atoms. The van der Waals surface area contributed by atoms with Crippen molar-refractivity contribution in [3.8, 4) is 5.75 Å². The van der Waals surface area contributed by atoms with Crippen LogP contribution in [-0.4, -0.2) is 33.6 Å². The highest BCUT2D eigenvalue weighted by atomic mass is 32.2. The SMILES string of the molecule is COc1ccc(NC(=O)CSc2nnc(NN)n2N)cc1. The number of aromatic nitrogens is 3. The van der Waals surface area contributed by atoms with Crippen LogP contribution in [0.15, 0.2) is 29.4 Å². The molecule has 1 aromatic heterocycles. The molecule has 2 rings (SSSR count). The van der Waals surface area contributed by atoms with E-state index in [1.54, 1.807) is 31.4 Å². The minimum absolute atomic E-state index is 0.145. The van der Waals surface area contributed by atoms with Gasteiger partial charge in [0.2, 0.25) is 11.1 Å². The van der Waals surface area contributed by atoms with E-state index in [9.17, 15) is 4.79 Å². The third-order valence-electron chi connectivity index (χ3n) is 2.50. The number of nitrogen functional groups attached to an aromatic ring is 2. The van der Waals surface area contributed by atoms with E-state index in [4.69, 9.17) is 16.4 Å². The molecular formula is C11H15N7O2S. The molecule has 0 spiro atoms. The van der Waals surface area contributed by atoms with Gasteiger partial charge in [0.25, 0.3) is 5.95 Å². The molecule has 1 amide bonds. The molecule has 9 nitrogen and oxygen atoms in total. The fraction of sp³-hybridized carbons (Fsp3) is 0.182. The zero-order valence-electron chi connectivity index (χ0n) is 11.2. The van der Waals surface area contributed by atoms with E-state index in [2.05, 4.69) is 20.9 Å². The number of benzene rings is 1. The van der Waals surface area contributed by atoms with Gasteiger partial charge in [0.15, 0.2) is 0 Å². The van der Waals surface area contributed by atoms with E-state index >= 15 is 0 Å². The highest BCUT2D eigenvalue weighted by Gasteiger charge is 2.11. The van der Waals surface area contributed by atoms with Crippen molar-refractivity contribution in [1.82, 2.24) is 14.9 Å². The number of hydrogen-bond donors (Lipinski definition) is 4. The highest BCUT2D eigenvalue weighted by Crippen LogP contribution is 2.18. The van der Waals surface area contributed by atoms with Crippen molar-refractivity contribution in [2.45, 2.75) is 5.16 Å². The first-order valence-electron chi connectivity index (χ1n) is 5.88. The summed E-state index contributed by atoms with van der Waals surface area (Å²) in [6, 6.07) is 7.03. The summed E-state index contributed by atoms with van der Waals surface area (Å²) in [5.74, 6) is 11.8. The number of carbonyl (C=O) groups is 1. The van der Waals surface area contributed by atoms with Crippen LogP contribution in [0.3, 0.4) is 0 Å². The molecule has 0 aliphatic carbocycles. The number of ether oxygens (including phenoxy) is 1. The summed E-state index contributed by atoms with van der Waals surface area (Å²) in [7, 11) is 1.58. The first-order chi connectivity index (χ1) is 10.1. The molecule has 0 fully saturated rings. The molecule has 2 aromatic rings. The van der Waals surface area contributed by atoms with Gasteiger partial charge in [-0.3, -0.25) is 10.2 Å². The van der Waals surface area contributed by atoms with E-state index < -0.39 is 0 Å². The normalized spacial score (nSPS) is 10.2. The second-order valence-electron chi connectivity index (χ2n) is 3.89. The van der Waals surface area contributed by atoms with Crippen LogP contribution < -0.4 is 27.2 Å². The summed E-state index contributed by atoms with van der Waals surface area (Å²) in [5.41, 5.74) is 2.97. The minimum Gasteiger partial charge on any atom is -0.497 e. The summed E-state index contributed by atoms with van der Waals surface area (Å²) in [6.45, 7) is 0. The van der Waals surface area contributed by atoms with Crippen molar-refractivity contribution in [1.29, 1.82) is 0 Å². The Hall–Kier alpha value is -2.46. The second-order valence-corrected chi connectivity index (χ2v) is 4.83.